The van der Waals surface area contributed by atoms with Crippen LogP contribution in [-0.4, -0.2) is 36.6 Å². The Morgan fingerprint density at radius 3 is 2.72 bits per heavy atom. The van der Waals surface area contributed by atoms with Crippen molar-refractivity contribution >= 4 is 5.91 Å². The molecule has 1 atom stereocenters. The molecule has 0 aliphatic carbocycles. The summed E-state index contributed by atoms with van der Waals surface area (Å²) in [5, 5.41) is 0. The highest BCUT2D eigenvalue weighted by atomic mass is 19.1. The summed E-state index contributed by atoms with van der Waals surface area (Å²) in [6.07, 6.45) is 3.12. The van der Waals surface area contributed by atoms with Crippen LogP contribution in [0.5, 0.6) is 0 Å². The maximum Gasteiger partial charge on any atom is 0.253 e. The molecule has 132 valence electrons. The summed E-state index contributed by atoms with van der Waals surface area (Å²) in [6, 6.07) is 13.9. The predicted molar refractivity (Wildman–Crippen MR) is 97.0 cm³/mol. The number of carbonyl (C=O) groups is 1. The molecular formula is C21H24FNO2. The first-order valence-electron chi connectivity index (χ1n) is 8.94. The van der Waals surface area contributed by atoms with E-state index in [-0.39, 0.29) is 17.8 Å². The Labute approximate surface area is 148 Å². The quantitative estimate of drug-likeness (QED) is 0.800. The van der Waals surface area contributed by atoms with Crippen LogP contribution in [0.4, 0.5) is 4.39 Å². The van der Waals surface area contributed by atoms with Crippen molar-refractivity contribution in [2.75, 3.05) is 19.7 Å². The molecule has 0 aromatic heterocycles. The van der Waals surface area contributed by atoms with E-state index in [1.165, 1.54) is 12.1 Å². The van der Waals surface area contributed by atoms with Crippen LogP contribution < -0.4 is 0 Å². The Kier molecular flexibility index (Phi) is 5.82. The third-order valence-corrected chi connectivity index (χ3v) is 4.51. The van der Waals surface area contributed by atoms with E-state index in [0.717, 1.165) is 43.5 Å². The SMILES string of the molecule is CCCOC1CCCN(C(=O)c2ccc(-c3cccc(F)c3)cc2)C1. The number of amides is 1. The highest BCUT2D eigenvalue weighted by molar-refractivity contribution is 5.94. The summed E-state index contributed by atoms with van der Waals surface area (Å²) in [7, 11) is 0. The topological polar surface area (TPSA) is 29.5 Å². The molecule has 3 nitrogen and oxygen atoms in total. The number of rotatable bonds is 5. The van der Waals surface area contributed by atoms with E-state index in [1.807, 2.05) is 35.2 Å². The third kappa shape index (κ3) is 4.45. The molecule has 1 fully saturated rings. The van der Waals surface area contributed by atoms with Gasteiger partial charge in [0.15, 0.2) is 0 Å². The lowest BCUT2D eigenvalue weighted by Gasteiger charge is -2.32. The Balaban J connectivity index is 1.68. The van der Waals surface area contributed by atoms with Gasteiger partial charge in [0, 0.05) is 25.3 Å². The van der Waals surface area contributed by atoms with E-state index in [0.29, 0.717) is 12.1 Å². The van der Waals surface area contributed by atoms with Crippen molar-refractivity contribution in [3.63, 3.8) is 0 Å². The van der Waals surface area contributed by atoms with Gasteiger partial charge in [0.05, 0.1) is 6.10 Å². The number of benzene rings is 2. The summed E-state index contributed by atoms with van der Waals surface area (Å²) < 4.78 is 19.2. The Hall–Kier alpha value is -2.20. The fourth-order valence-electron chi connectivity index (χ4n) is 3.20. The van der Waals surface area contributed by atoms with E-state index in [4.69, 9.17) is 4.74 Å². The molecule has 2 aromatic carbocycles. The second-order valence-corrected chi connectivity index (χ2v) is 6.47. The summed E-state index contributed by atoms with van der Waals surface area (Å²) in [5.74, 6) is -0.223. The molecule has 1 amide bonds. The lowest BCUT2D eigenvalue weighted by atomic mass is 10.0. The van der Waals surface area contributed by atoms with Gasteiger partial charge in [0.1, 0.15) is 5.82 Å². The zero-order valence-electron chi connectivity index (χ0n) is 14.6. The van der Waals surface area contributed by atoms with Gasteiger partial charge in [-0.05, 0) is 54.7 Å². The number of piperidine rings is 1. The largest absolute Gasteiger partial charge is 0.376 e. The van der Waals surface area contributed by atoms with Crippen molar-refractivity contribution < 1.29 is 13.9 Å². The first-order chi connectivity index (χ1) is 12.2. The molecule has 1 saturated heterocycles. The van der Waals surface area contributed by atoms with Gasteiger partial charge in [-0.25, -0.2) is 4.39 Å². The highest BCUT2D eigenvalue weighted by Gasteiger charge is 2.24. The smallest absolute Gasteiger partial charge is 0.253 e. The fraction of sp³-hybridized carbons (Fsp3) is 0.381. The van der Waals surface area contributed by atoms with Crippen LogP contribution >= 0.6 is 0 Å². The number of halogens is 1. The van der Waals surface area contributed by atoms with Gasteiger partial charge in [-0.2, -0.15) is 0 Å². The van der Waals surface area contributed by atoms with Crippen molar-refractivity contribution in [2.24, 2.45) is 0 Å². The van der Waals surface area contributed by atoms with Gasteiger partial charge in [0.25, 0.3) is 5.91 Å². The van der Waals surface area contributed by atoms with E-state index in [2.05, 4.69) is 6.92 Å². The van der Waals surface area contributed by atoms with Crippen molar-refractivity contribution in [1.82, 2.24) is 4.90 Å². The molecule has 1 heterocycles. The van der Waals surface area contributed by atoms with Crippen molar-refractivity contribution in [3.05, 3.63) is 59.9 Å². The van der Waals surface area contributed by atoms with Crippen LogP contribution in [0.25, 0.3) is 11.1 Å². The molecule has 4 heteroatoms. The predicted octanol–water partition coefficient (Wildman–Crippen LogP) is 4.52. The lowest BCUT2D eigenvalue weighted by molar-refractivity contribution is 0.00211. The Morgan fingerprint density at radius 2 is 2.00 bits per heavy atom. The highest BCUT2D eigenvalue weighted by Crippen LogP contribution is 2.22. The molecule has 0 saturated carbocycles. The number of ether oxygens (including phenoxy) is 1. The molecule has 2 aromatic rings. The lowest BCUT2D eigenvalue weighted by Crippen LogP contribution is -2.43. The van der Waals surface area contributed by atoms with Crippen molar-refractivity contribution in [3.8, 4) is 11.1 Å². The van der Waals surface area contributed by atoms with Crippen LogP contribution in [0.1, 0.15) is 36.5 Å². The minimum atomic E-state index is -0.260. The van der Waals surface area contributed by atoms with Crippen molar-refractivity contribution in [2.45, 2.75) is 32.3 Å². The number of hydrogen-bond donors (Lipinski definition) is 0. The minimum Gasteiger partial charge on any atom is -0.376 e. The molecule has 1 unspecified atom stereocenters. The molecule has 25 heavy (non-hydrogen) atoms. The molecule has 1 aliphatic heterocycles. The minimum absolute atomic E-state index is 0.0376. The van der Waals surface area contributed by atoms with Gasteiger partial charge < -0.3 is 9.64 Å². The van der Waals surface area contributed by atoms with E-state index in [1.54, 1.807) is 6.07 Å². The van der Waals surface area contributed by atoms with Gasteiger partial charge in [-0.1, -0.05) is 31.2 Å². The standard InChI is InChI=1S/C21H24FNO2/c1-2-13-25-20-7-4-12-23(15-20)21(24)17-10-8-16(9-11-17)18-5-3-6-19(22)14-18/h3,5-6,8-11,14,20H,2,4,7,12-13,15H2,1H3. The van der Waals surface area contributed by atoms with Gasteiger partial charge in [-0.3, -0.25) is 4.79 Å². The van der Waals surface area contributed by atoms with Crippen LogP contribution in [-0.2, 0) is 4.74 Å². The maximum atomic E-state index is 13.4. The molecule has 0 spiro atoms. The van der Waals surface area contributed by atoms with Crippen LogP contribution in [0, 0.1) is 5.82 Å². The number of carbonyl (C=O) groups excluding carboxylic acids is 1. The summed E-state index contributed by atoms with van der Waals surface area (Å²) >= 11 is 0. The normalized spacial score (nSPS) is 17.5. The second-order valence-electron chi connectivity index (χ2n) is 6.47. The average Bonchev–Trinajstić information content (AvgIpc) is 2.66. The first-order valence-corrected chi connectivity index (χ1v) is 8.94. The van der Waals surface area contributed by atoms with E-state index < -0.39 is 0 Å². The van der Waals surface area contributed by atoms with Gasteiger partial charge in [-0.15, -0.1) is 0 Å². The third-order valence-electron chi connectivity index (χ3n) is 4.51. The molecule has 0 N–H and O–H groups in total. The summed E-state index contributed by atoms with van der Waals surface area (Å²) in [6.45, 7) is 4.27. The molecular weight excluding hydrogens is 317 g/mol. The number of nitrogens with zero attached hydrogens (tertiary/aromatic N) is 1. The number of hydrogen-bond acceptors (Lipinski definition) is 2. The van der Waals surface area contributed by atoms with Crippen molar-refractivity contribution in [1.29, 1.82) is 0 Å². The summed E-state index contributed by atoms with van der Waals surface area (Å²) in [5.41, 5.74) is 2.38. The second kappa shape index (κ2) is 8.26. The first kappa shape index (κ1) is 17.6. The Bertz CT molecular complexity index is 714. The zero-order valence-corrected chi connectivity index (χ0v) is 14.6. The van der Waals surface area contributed by atoms with Gasteiger partial charge >= 0.3 is 0 Å². The maximum absolute atomic E-state index is 13.4. The van der Waals surface area contributed by atoms with E-state index in [9.17, 15) is 9.18 Å². The molecule has 0 radical (unpaired) electrons. The average molecular weight is 341 g/mol. The van der Waals surface area contributed by atoms with Crippen LogP contribution in [0.2, 0.25) is 0 Å². The van der Waals surface area contributed by atoms with Crippen LogP contribution in [0.15, 0.2) is 48.5 Å². The molecule has 3 rings (SSSR count). The number of likely N-dealkylation sites (tertiary alicyclic amines) is 1. The fourth-order valence-corrected chi connectivity index (χ4v) is 3.20. The summed E-state index contributed by atoms with van der Waals surface area (Å²) in [4.78, 5) is 14.6. The molecule has 0 bridgehead atoms. The van der Waals surface area contributed by atoms with Gasteiger partial charge in [0.2, 0.25) is 0 Å². The molecule has 1 aliphatic rings. The zero-order chi connectivity index (χ0) is 17.6. The Morgan fingerprint density at radius 1 is 1.20 bits per heavy atom. The monoisotopic (exact) mass is 341 g/mol. The van der Waals surface area contributed by atoms with Crippen LogP contribution in [0.3, 0.4) is 0 Å². The van der Waals surface area contributed by atoms with E-state index >= 15 is 0 Å².